The lowest BCUT2D eigenvalue weighted by Crippen LogP contribution is -2.15. The molecule has 0 aliphatic heterocycles. The Hall–Kier alpha value is -2.13. The smallest absolute Gasteiger partial charge is 0.0209 e. The van der Waals surface area contributed by atoms with Crippen LogP contribution in [0.25, 0.3) is 21.9 Å². The van der Waals surface area contributed by atoms with E-state index >= 15 is 0 Å². The van der Waals surface area contributed by atoms with Gasteiger partial charge in [0.05, 0.1) is 0 Å². The van der Waals surface area contributed by atoms with Crippen LogP contribution < -0.4 is 0 Å². The van der Waals surface area contributed by atoms with Crippen LogP contribution in [-0.4, -0.2) is 0 Å². The van der Waals surface area contributed by atoms with Gasteiger partial charge in [-0.2, -0.15) is 0 Å². The molecule has 1 aliphatic carbocycles. The first kappa shape index (κ1) is 18.2. The molecule has 0 spiro atoms. The molecule has 0 bridgehead atoms. The fourth-order valence-corrected chi connectivity index (χ4v) is 4.90. The van der Waals surface area contributed by atoms with E-state index in [0.29, 0.717) is 0 Å². The fourth-order valence-electron chi connectivity index (χ4n) is 4.25. The van der Waals surface area contributed by atoms with Crippen molar-refractivity contribution in [2.75, 3.05) is 0 Å². The van der Waals surface area contributed by atoms with Crippen molar-refractivity contribution in [3.63, 3.8) is 0 Å². The summed E-state index contributed by atoms with van der Waals surface area (Å²) in [7, 11) is 0. The summed E-state index contributed by atoms with van der Waals surface area (Å²) in [4.78, 5) is 0. The Labute approximate surface area is 175 Å². The van der Waals surface area contributed by atoms with Crippen molar-refractivity contribution >= 4 is 44.5 Å². The Morgan fingerprint density at radius 2 is 1.59 bits per heavy atom. The number of hydrogen-bond donors (Lipinski definition) is 0. The molecule has 0 atom stereocenters. The molecule has 1 heteroatoms. The van der Waals surface area contributed by atoms with E-state index in [4.69, 9.17) is 0 Å². The van der Waals surface area contributed by atoms with Gasteiger partial charge < -0.3 is 0 Å². The van der Waals surface area contributed by atoms with E-state index in [0.717, 1.165) is 5.57 Å². The fraction of sp³-hybridized carbons (Fsp3) is 0.154. The van der Waals surface area contributed by atoms with Gasteiger partial charge in [-0.3, -0.25) is 0 Å². The third-order valence-electron chi connectivity index (χ3n) is 5.68. The molecule has 27 heavy (non-hydrogen) atoms. The van der Waals surface area contributed by atoms with Crippen molar-refractivity contribution in [3.05, 3.63) is 105 Å². The molecule has 0 heterocycles. The lowest BCUT2D eigenvalue weighted by molar-refractivity contribution is 0.661. The van der Waals surface area contributed by atoms with Crippen LogP contribution in [0.4, 0.5) is 0 Å². The second-order valence-corrected chi connectivity index (χ2v) is 8.76. The summed E-state index contributed by atoms with van der Waals surface area (Å²) < 4.78 is 1.27. The normalized spacial score (nSPS) is 18.2. The number of fused-ring (bicyclic) bond motifs is 2. The number of halogens is 1. The highest BCUT2D eigenvalue weighted by Gasteiger charge is 2.37. The molecule has 134 valence electrons. The van der Waals surface area contributed by atoms with E-state index in [2.05, 4.69) is 123 Å². The third kappa shape index (κ3) is 2.89. The highest BCUT2D eigenvalue weighted by atomic mass is 127. The predicted molar refractivity (Wildman–Crippen MR) is 127 cm³/mol. The molecule has 0 aromatic heterocycles. The minimum absolute atomic E-state index is 0.0274. The molecule has 0 N–H and O–H groups in total. The van der Waals surface area contributed by atoms with Gasteiger partial charge in [-0.25, -0.2) is 0 Å². The second-order valence-electron chi connectivity index (χ2n) is 7.60. The first-order chi connectivity index (χ1) is 12.9. The maximum Gasteiger partial charge on any atom is 0.0209 e. The topological polar surface area (TPSA) is 0 Å². The molecule has 4 rings (SSSR count). The van der Waals surface area contributed by atoms with E-state index in [1.165, 1.54) is 42.2 Å². The van der Waals surface area contributed by atoms with Gasteiger partial charge in [-0.1, -0.05) is 87.2 Å². The van der Waals surface area contributed by atoms with Gasteiger partial charge in [-0.15, -0.1) is 0 Å². The Kier molecular flexibility index (Phi) is 4.59. The van der Waals surface area contributed by atoms with Crippen LogP contribution in [0, 0.1) is 3.57 Å². The summed E-state index contributed by atoms with van der Waals surface area (Å²) in [6, 6.07) is 21.7. The highest BCUT2D eigenvalue weighted by Crippen LogP contribution is 2.50. The quantitative estimate of drug-likeness (QED) is 0.341. The molecule has 0 saturated carbocycles. The van der Waals surface area contributed by atoms with Crippen molar-refractivity contribution < 1.29 is 0 Å². The molecule has 0 fully saturated rings. The van der Waals surface area contributed by atoms with E-state index < -0.39 is 0 Å². The van der Waals surface area contributed by atoms with Gasteiger partial charge >= 0.3 is 0 Å². The Balaban J connectivity index is 1.88. The molecule has 3 aromatic rings. The van der Waals surface area contributed by atoms with Crippen molar-refractivity contribution in [2.45, 2.75) is 26.2 Å². The molecule has 0 radical (unpaired) electrons. The SMILES string of the molecule is C=C(C=C1/C(=C\C)c2ccccc2C1(C)C)c1ccc(I)c2ccccc12. The molecule has 0 unspecified atom stereocenters. The van der Waals surface area contributed by atoms with Crippen LogP contribution in [-0.2, 0) is 5.41 Å². The maximum absolute atomic E-state index is 4.46. The number of benzene rings is 3. The van der Waals surface area contributed by atoms with Crippen LogP contribution in [0.2, 0.25) is 0 Å². The van der Waals surface area contributed by atoms with Gasteiger partial charge in [0.15, 0.2) is 0 Å². The van der Waals surface area contributed by atoms with Gasteiger partial charge in [0.2, 0.25) is 0 Å². The lowest BCUT2D eigenvalue weighted by Gasteiger charge is -2.22. The zero-order valence-corrected chi connectivity index (χ0v) is 18.2. The number of hydrogen-bond acceptors (Lipinski definition) is 0. The minimum Gasteiger partial charge on any atom is -0.0911 e. The Morgan fingerprint density at radius 3 is 2.33 bits per heavy atom. The minimum atomic E-state index is -0.0274. The lowest BCUT2D eigenvalue weighted by atomic mass is 9.81. The second kappa shape index (κ2) is 6.79. The maximum atomic E-state index is 4.46. The van der Waals surface area contributed by atoms with Gasteiger partial charge in [0, 0.05) is 8.99 Å². The van der Waals surface area contributed by atoms with Gasteiger partial charge in [0.1, 0.15) is 0 Å². The molecular weight excluding hydrogens is 439 g/mol. The van der Waals surface area contributed by atoms with E-state index in [9.17, 15) is 0 Å². The zero-order chi connectivity index (χ0) is 19.2. The largest absolute Gasteiger partial charge is 0.0911 e. The van der Waals surface area contributed by atoms with Crippen LogP contribution in [0.15, 0.2) is 85.0 Å². The summed E-state index contributed by atoms with van der Waals surface area (Å²) >= 11 is 2.41. The predicted octanol–water partition coefficient (Wildman–Crippen LogP) is 7.78. The zero-order valence-electron chi connectivity index (χ0n) is 16.0. The first-order valence-corrected chi connectivity index (χ1v) is 10.4. The summed E-state index contributed by atoms with van der Waals surface area (Å²) in [6.45, 7) is 11.2. The molecule has 0 saturated heterocycles. The van der Waals surface area contributed by atoms with Crippen LogP contribution in [0.1, 0.15) is 37.5 Å². The summed E-state index contributed by atoms with van der Waals surface area (Å²) in [5.74, 6) is 0. The highest BCUT2D eigenvalue weighted by molar-refractivity contribution is 14.1. The third-order valence-corrected chi connectivity index (χ3v) is 6.62. The van der Waals surface area contributed by atoms with E-state index in [-0.39, 0.29) is 5.41 Å². The molecular formula is C26H23I. The van der Waals surface area contributed by atoms with E-state index in [1.807, 2.05) is 0 Å². The number of allylic oxidation sites excluding steroid dienone is 5. The molecule has 0 amide bonds. The summed E-state index contributed by atoms with van der Waals surface area (Å²) in [5.41, 5.74) is 7.66. The Bertz CT molecular complexity index is 1130. The van der Waals surface area contributed by atoms with Gasteiger partial charge in [-0.05, 0) is 79.8 Å². The van der Waals surface area contributed by atoms with Crippen LogP contribution in [0.5, 0.6) is 0 Å². The first-order valence-electron chi connectivity index (χ1n) is 9.30. The van der Waals surface area contributed by atoms with Crippen LogP contribution in [0.3, 0.4) is 0 Å². The van der Waals surface area contributed by atoms with Gasteiger partial charge in [0.25, 0.3) is 0 Å². The van der Waals surface area contributed by atoms with Crippen molar-refractivity contribution in [2.24, 2.45) is 0 Å². The van der Waals surface area contributed by atoms with Crippen molar-refractivity contribution in [1.82, 2.24) is 0 Å². The molecule has 1 aliphatic rings. The van der Waals surface area contributed by atoms with Crippen molar-refractivity contribution in [3.8, 4) is 0 Å². The van der Waals surface area contributed by atoms with E-state index in [1.54, 1.807) is 0 Å². The Morgan fingerprint density at radius 1 is 0.926 bits per heavy atom. The van der Waals surface area contributed by atoms with Crippen LogP contribution >= 0.6 is 22.6 Å². The summed E-state index contributed by atoms with van der Waals surface area (Å²) in [5, 5.41) is 2.55. The standard InChI is InChI=1S/C26H23I/c1-5-18-21-11-8-9-13-23(21)26(3,4)24(18)16-17(2)19-14-15-25(27)22-12-7-6-10-20(19)22/h5-16H,2H2,1,3-4H3/b18-5-,24-16?. The summed E-state index contributed by atoms with van der Waals surface area (Å²) in [6.07, 6.45) is 4.53. The monoisotopic (exact) mass is 462 g/mol. The average molecular weight is 462 g/mol. The molecule has 3 aromatic carbocycles. The molecule has 0 nitrogen and oxygen atoms in total. The average Bonchev–Trinajstić information content (AvgIpc) is 2.89. The van der Waals surface area contributed by atoms with Crippen molar-refractivity contribution in [1.29, 1.82) is 0 Å². The number of rotatable bonds is 2.